The molecule has 1 aliphatic rings. The second-order valence-electron chi connectivity index (χ2n) is 4.62. The Morgan fingerprint density at radius 1 is 1.50 bits per heavy atom. The average Bonchev–Trinajstić information content (AvgIpc) is 1.96. The van der Waals surface area contributed by atoms with Gasteiger partial charge in [-0.25, -0.2) is 0 Å². The second kappa shape index (κ2) is 3.61. The SMILES string of the molecule is C=C(CCC1(C)COC1)C(C)C. The van der Waals surface area contributed by atoms with Crippen molar-refractivity contribution in [1.82, 2.24) is 0 Å². The van der Waals surface area contributed by atoms with Crippen molar-refractivity contribution < 1.29 is 4.74 Å². The lowest BCUT2D eigenvalue weighted by molar-refractivity contribution is -0.105. The molecule has 0 N–H and O–H groups in total. The van der Waals surface area contributed by atoms with Crippen molar-refractivity contribution >= 4 is 0 Å². The van der Waals surface area contributed by atoms with E-state index in [9.17, 15) is 0 Å². The number of rotatable bonds is 4. The van der Waals surface area contributed by atoms with E-state index in [0.29, 0.717) is 11.3 Å². The van der Waals surface area contributed by atoms with Crippen LogP contribution in [0.25, 0.3) is 0 Å². The van der Waals surface area contributed by atoms with Crippen LogP contribution in [0.4, 0.5) is 0 Å². The van der Waals surface area contributed by atoms with Crippen LogP contribution in [0.3, 0.4) is 0 Å². The lowest BCUT2D eigenvalue weighted by Crippen LogP contribution is -2.39. The summed E-state index contributed by atoms with van der Waals surface area (Å²) in [6.45, 7) is 12.7. The molecule has 0 radical (unpaired) electrons. The van der Waals surface area contributed by atoms with Gasteiger partial charge in [-0.15, -0.1) is 0 Å². The Balaban J connectivity index is 2.21. The minimum Gasteiger partial charge on any atom is -0.380 e. The van der Waals surface area contributed by atoms with Gasteiger partial charge in [0, 0.05) is 5.41 Å². The lowest BCUT2D eigenvalue weighted by Gasteiger charge is -2.38. The van der Waals surface area contributed by atoms with Crippen LogP contribution in [0.1, 0.15) is 33.6 Å². The Morgan fingerprint density at radius 2 is 2.08 bits per heavy atom. The molecule has 1 heterocycles. The van der Waals surface area contributed by atoms with Gasteiger partial charge in [0.2, 0.25) is 0 Å². The van der Waals surface area contributed by atoms with Crippen molar-refractivity contribution in [3.63, 3.8) is 0 Å². The number of allylic oxidation sites excluding steroid dienone is 1. The zero-order valence-corrected chi connectivity index (χ0v) is 8.52. The van der Waals surface area contributed by atoms with Gasteiger partial charge in [-0.1, -0.05) is 32.9 Å². The van der Waals surface area contributed by atoms with Crippen molar-refractivity contribution in [1.29, 1.82) is 0 Å². The molecule has 0 saturated carbocycles. The molecule has 1 rings (SSSR count). The van der Waals surface area contributed by atoms with Gasteiger partial charge in [0.1, 0.15) is 0 Å². The summed E-state index contributed by atoms with van der Waals surface area (Å²) >= 11 is 0. The molecular formula is C11H20O. The summed E-state index contributed by atoms with van der Waals surface area (Å²) in [5, 5.41) is 0. The first-order valence-corrected chi connectivity index (χ1v) is 4.79. The first kappa shape index (κ1) is 9.79. The molecule has 0 aromatic heterocycles. The van der Waals surface area contributed by atoms with E-state index in [2.05, 4.69) is 27.4 Å². The quantitative estimate of drug-likeness (QED) is 0.586. The first-order chi connectivity index (χ1) is 5.53. The van der Waals surface area contributed by atoms with E-state index in [1.165, 1.54) is 12.0 Å². The topological polar surface area (TPSA) is 9.23 Å². The van der Waals surface area contributed by atoms with Crippen LogP contribution in [-0.4, -0.2) is 13.2 Å². The van der Waals surface area contributed by atoms with E-state index in [1.54, 1.807) is 0 Å². The summed E-state index contributed by atoms with van der Waals surface area (Å²) in [4.78, 5) is 0. The Kier molecular flexibility index (Phi) is 2.94. The summed E-state index contributed by atoms with van der Waals surface area (Å²) in [6.07, 6.45) is 2.40. The van der Waals surface area contributed by atoms with Crippen molar-refractivity contribution in [3.05, 3.63) is 12.2 Å². The maximum absolute atomic E-state index is 5.20. The fourth-order valence-electron chi connectivity index (χ4n) is 1.35. The highest BCUT2D eigenvalue weighted by atomic mass is 16.5. The average molecular weight is 168 g/mol. The second-order valence-corrected chi connectivity index (χ2v) is 4.62. The van der Waals surface area contributed by atoms with Gasteiger partial charge in [-0.3, -0.25) is 0 Å². The number of hydrogen-bond donors (Lipinski definition) is 0. The van der Waals surface area contributed by atoms with Gasteiger partial charge >= 0.3 is 0 Å². The summed E-state index contributed by atoms with van der Waals surface area (Å²) in [7, 11) is 0. The van der Waals surface area contributed by atoms with E-state index in [4.69, 9.17) is 4.74 Å². The fourth-order valence-corrected chi connectivity index (χ4v) is 1.35. The smallest absolute Gasteiger partial charge is 0.0542 e. The van der Waals surface area contributed by atoms with Gasteiger partial charge < -0.3 is 4.74 Å². The minimum atomic E-state index is 0.456. The highest BCUT2D eigenvalue weighted by Gasteiger charge is 2.32. The largest absolute Gasteiger partial charge is 0.380 e. The molecule has 0 spiro atoms. The molecular weight excluding hydrogens is 148 g/mol. The predicted octanol–water partition coefficient (Wildman–Crippen LogP) is 3.02. The Morgan fingerprint density at radius 3 is 2.42 bits per heavy atom. The van der Waals surface area contributed by atoms with Gasteiger partial charge in [-0.2, -0.15) is 0 Å². The highest BCUT2D eigenvalue weighted by Crippen LogP contribution is 2.33. The van der Waals surface area contributed by atoms with E-state index >= 15 is 0 Å². The Labute approximate surface area is 75.8 Å². The minimum absolute atomic E-state index is 0.456. The third-order valence-electron chi connectivity index (χ3n) is 2.77. The summed E-state index contributed by atoms with van der Waals surface area (Å²) in [5.74, 6) is 0.634. The highest BCUT2D eigenvalue weighted by molar-refractivity contribution is 4.99. The summed E-state index contributed by atoms with van der Waals surface area (Å²) in [5.41, 5.74) is 1.83. The zero-order chi connectivity index (χ0) is 9.19. The molecule has 0 aliphatic carbocycles. The number of ether oxygens (including phenoxy) is 1. The zero-order valence-electron chi connectivity index (χ0n) is 8.52. The normalized spacial score (nSPS) is 20.7. The molecule has 0 amide bonds. The standard InChI is InChI=1S/C11H20O/c1-9(2)10(3)5-6-11(4)7-12-8-11/h9H,3,5-8H2,1-2,4H3. The molecule has 1 nitrogen and oxygen atoms in total. The van der Waals surface area contributed by atoms with Crippen molar-refractivity contribution in [2.24, 2.45) is 11.3 Å². The molecule has 1 fully saturated rings. The van der Waals surface area contributed by atoms with Crippen LogP contribution in [0.15, 0.2) is 12.2 Å². The molecule has 0 aromatic rings. The van der Waals surface area contributed by atoms with Gasteiger partial charge in [0.25, 0.3) is 0 Å². The van der Waals surface area contributed by atoms with Crippen LogP contribution >= 0.6 is 0 Å². The molecule has 1 heteroatoms. The monoisotopic (exact) mass is 168 g/mol. The Hall–Kier alpha value is -0.300. The van der Waals surface area contributed by atoms with Gasteiger partial charge in [-0.05, 0) is 18.8 Å². The molecule has 0 unspecified atom stereocenters. The van der Waals surface area contributed by atoms with E-state index in [1.807, 2.05) is 0 Å². The van der Waals surface area contributed by atoms with Crippen LogP contribution in [0.2, 0.25) is 0 Å². The lowest BCUT2D eigenvalue weighted by atomic mass is 9.81. The van der Waals surface area contributed by atoms with Crippen LogP contribution in [0, 0.1) is 11.3 Å². The molecule has 0 atom stereocenters. The van der Waals surface area contributed by atoms with Crippen LogP contribution in [0.5, 0.6) is 0 Å². The summed E-state index contributed by atoms with van der Waals surface area (Å²) < 4.78 is 5.20. The third kappa shape index (κ3) is 2.34. The maximum Gasteiger partial charge on any atom is 0.0542 e. The fraction of sp³-hybridized carbons (Fsp3) is 0.818. The summed E-state index contributed by atoms with van der Waals surface area (Å²) in [6, 6.07) is 0. The van der Waals surface area contributed by atoms with E-state index in [0.717, 1.165) is 19.6 Å². The molecule has 12 heavy (non-hydrogen) atoms. The number of hydrogen-bond acceptors (Lipinski definition) is 1. The first-order valence-electron chi connectivity index (χ1n) is 4.79. The Bertz CT molecular complexity index is 166. The van der Waals surface area contributed by atoms with Crippen LogP contribution < -0.4 is 0 Å². The van der Waals surface area contributed by atoms with Crippen molar-refractivity contribution in [3.8, 4) is 0 Å². The molecule has 0 aromatic carbocycles. The van der Waals surface area contributed by atoms with Crippen LogP contribution in [-0.2, 0) is 4.74 Å². The van der Waals surface area contributed by atoms with Gasteiger partial charge in [0.05, 0.1) is 13.2 Å². The molecule has 70 valence electrons. The van der Waals surface area contributed by atoms with Gasteiger partial charge in [0.15, 0.2) is 0 Å². The van der Waals surface area contributed by atoms with Crippen molar-refractivity contribution in [2.75, 3.05) is 13.2 Å². The van der Waals surface area contributed by atoms with E-state index in [-0.39, 0.29) is 0 Å². The van der Waals surface area contributed by atoms with E-state index < -0.39 is 0 Å². The molecule has 1 aliphatic heterocycles. The maximum atomic E-state index is 5.20. The molecule has 1 saturated heterocycles. The predicted molar refractivity (Wildman–Crippen MR) is 52.1 cm³/mol. The van der Waals surface area contributed by atoms with Crippen molar-refractivity contribution in [2.45, 2.75) is 33.6 Å². The third-order valence-corrected chi connectivity index (χ3v) is 2.77. The molecule has 0 bridgehead atoms.